The lowest BCUT2D eigenvalue weighted by Gasteiger charge is -2.36. The zero-order valence-electron chi connectivity index (χ0n) is 11.8. The fourth-order valence-electron chi connectivity index (χ4n) is 2.24. The lowest BCUT2D eigenvalue weighted by molar-refractivity contribution is 0.169. The second kappa shape index (κ2) is 7.13. The Labute approximate surface area is 114 Å². The van der Waals surface area contributed by atoms with Gasteiger partial charge in [0.15, 0.2) is 5.96 Å². The van der Waals surface area contributed by atoms with Crippen LogP contribution in [0.5, 0.6) is 0 Å². The largest absolute Gasteiger partial charge is 0.364 e. The number of rotatable bonds is 4. The maximum atomic E-state index is 4.86. The van der Waals surface area contributed by atoms with Crippen LogP contribution in [0.1, 0.15) is 19.0 Å². The first kappa shape index (κ1) is 13.9. The van der Waals surface area contributed by atoms with Crippen LogP contribution in [0.15, 0.2) is 21.8 Å². The standard InChI is InChI=1S/C13H23N5O/c1-3-5-15-13(14-2)18-8-6-17(7-9-18)11-12-4-10-19-16-12/h4,10H,3,5-9,11H2,1-2H3,(H,14,15). The number of guanidine groups is 1. The van der Waals surface area contributed by atoms with E-state index >= 15 is 0 Å². The molecule has 0 aromatic carbocycles. The molecule has 0 aliphatic carbocycles. The number of aliphatic imine (C=N–C) groups is 1. The first-order valence-electron chi connectivity index (χ1n) is 6.90. The highest BCUT2D eigenvalue weighted by Crippen LogP contribution is 2.07. The minimum absolute atomic E-state index is 0.866. The molecule has 1 fully saturated rings. The van der Waals surface area contributed by atoms with Gasteiger partial charge < -0.3 is 14.7 Å². The Kier molecular flexibility index (Phi) is 5.20. The van der Waals surface area contributed by atoms with Crippen molar-refractivity contribution < 1.29 is 4.52 Å². The van der Waals surface area contributed by atoms with Gasteiger partial charge in [-0.25, -0.2) is 0 Å². The maximum Gasteiger partial charge on any atom is 0.193 e. The van der Waals surface area contributed by atoms with Crippen molar-refractivity contribution in [3.63, 3.8) is 0 Å². The molecule has 1 aliphatic heterocycles. The smallest absolute Gasteiger partial charge is 0.193 e. The molecule has 0 saturated carbocycles. The van der Waals surface area contributed by atoms with E-state index in [1.54, 1.807) is 6.26 Å². The van der Waals surface area contributed by atoms with Gasteiger partial charge in [-0.3, -0.25) is 9.89 Å². The summed E-state index contributed by atoms with van der Waals surface area (Å²) in [7, 11) is 1.85. The molecule has 2 heterocycles. The summed E-state index contributed by atoms with van der Waals surface area (Å²) in [5, 5.41) is 7.33. The van der Waals surface area contributed by atoms with Crippen molar-refractivity contribution in [2.45, 2.75) is 19.9 Å². The van der Waals surface area contributed by atoms with Gasteiger partial charge >= 0.3 is 0 Å². The molecule has 1 aromatic rings. The lowest BCUT2D eigenvalue weighted by Crippen LogP contribution is -2.52. The number of nitrogens with one attached hydrogen (secondary N) is 1. The summed E-state index contributed by atoms with van der Waals surface area (Å²) in [6.07, 6.45) is 2.74. The zero-order valence-corrected chi connectivity index (χ0v) is 11.8. The molecule has 0 amide bonds. The Balaban J connectivity index is 1.78. The molecule has 1 aromatic heterocycles. The monoisotopic (exact) mass is 265 g/mol. The number of piperazine rings is 1. The molecular weight excluding hydrogens is 242 g/mol. The molecule has 106 valence electrons. The third-order valence-electron chi connectivity index (χ3n) is 3.29. The van der Waals surface area contributed by atoms with E-state index in [-0.39, 0.29) is 0 Å². The Bertz CT molecular complexity index is 382. The molecule has 1 N–H and O–H groups in total. The first-order valence-corrected chi connectivity index (χ1v) is 6.90. The van der Waals surface area contributed by atoms with Gasteiger partial charge in [0, 0.05) is 52.4 Å². The quantitative estimate of drug-likeness (QED) is 0.644. The van der Waals surface area contributed by atoms with E-state index in [1.807, 2.05) is 13.1 Å². The molecule has 0 radical (unpaired) electrons. The summed E-state index contributed by atoms with van der Waals surface area (Å²) >= 11 is 0. The van der Waals surface area contributed by atoms with Crippen LogP contribution in [0.2, 0.25) is 0 Å². The van der Waals surface area contributed by atoms with E-state index in [4.69, 9.17) is 4.52 Å². The van der Waals surface area contributed by atoms with E-state index in [2.05, 4.69) is 32.2 Å². The van der Waals surface area contributed by atoms with Gasteiger partial charge in [0.25, 0.3) is 0 Å². The van der Waals surface area contributed by atoms with Crippen LogP contribution >= 0.6 is 0 Å². The average molecular weight is 265 g/mol. The molecule has 0 atom stereocenters. The van der Waals surface area contributed by atoms with E-state index in [0.717, 1.165) is 57.3 Å². The van der Waals surface area contributed by atoms with Gasteiger partial charge in [-0.15, -0.1) is 0 Å². The molecule has 2 rings (SSSR count). The van der Waals surface area contributed by atoms with Crippen molar-refractivity contribution >= 4 is 5.96 Å². The summed E-state index contributed by atoms with van der Waals surface area (Å²) in [5.41, 5.74) is 1.00. The minimum atomic E-state index is 0.866. The topological polar surface area (TPSA) is 56.9 Å². The maximum absolute atomic E-state index is 4.86. The Morgan fingerprint density at radius 3 is 2.79 bits per heavy atom. The molecule has 19 heavy (non-hydrogen) atoms. The van der Waals surface area contributed by atoms with Crippen molar-refractivity contribution in [2.75, 3.05) is 39.8 Å². The van der Waals surface area contributed by atoms with Crippen molar-refractivity contribution in [3.05, 3.63) is 18.0 Å². The van der Waals surface area contributed by atoms with E-state index in [0.29, 0.717) is 0 Å². The van der Waals surface area contributed by atoms with Crippen LogP contribution in [-0.2, 0) is 6.54 Å². The predicted octanol–water partition coefficient (Wildman–Crippen LogP) is 0.778. The molecule has 1 saturated heterocycles. The van der Waals surface area contributed by atoms with Crippen LogP contribution in [0, 0.1) is 0 Å². The van der Waals surface area contributed by atoms with Gasteiger partial charge in [-0.1, -0.05) is 12.1 Å². The van der Waals surface area contributed by atoms with Crippen molar-refractivity contribution in [2.24, 2.45) is 4.99 Å². The second-order valence-corrected chi connectivity index (χ2v) is 4.73. The zero-order chi connectivity index (χ0) is 13.5. The van der Waals surface area contributed by atoms with Crippen LogP contribution < -0.4 is 5.32 Å². The number of hydrogen-bond donors (Lipinski definition) is 1. The van der Waals surface area contributed by atoms with Crippen LogP contribution in [-0.4, -0.2) is 60.7 Å². The van der Waals surface area contributed by atoms with E-state index in [1.165, 1.54) is 0 Å². The molecule has 1 aliphatic rings. The molecular formula is C13H23N5O. The van der Waals surface area contributed by atoms with Gasteiger partial charge in [0.05, 0.1) is 5.69 Å². The molecule has 6 heteroatoms. The SMILES string of the molecule is CCCNC(=NC)N1CCN(Cc2ccon2)CC1. The lowest BCUT2D eigenvalue weighted by atomic mass is 10.3. The summed E-state index contributed by atoms with van der Waals surface area (Å²) in [4.78, 5) is 9.04. The Morgan fingerprint density at radius 2 is 2.21 bits per heavy atom. The van der Waals surface area contributed by atoms with Crippen LogP contribution in [0.3, 0.4) is 0 Å². The fraction of sp³-hybridized carbons (Fsp3) is 0.692. The Morgan fingerprint density at radius 1 is 1.42 bits per heavy atom. The van der Waals surface area contributed by atoms with Gasteiger partial charge in [0.1, 0.15) is 6.26 Å². The fourth-order valence-corrected chi connectivity index (χ4v) is 2.24. The number of aromatic nitrogens is 1. The minimum Gasteiger partial charge on any atom is -0.364 e. The highest BCUT2D eigenvalue weighted by molar-refractivity contribution is 5.79. The highest BCUT2D eigenvalue weighted by Gasteiger charge is 2.19. The summed E-state index contributed by atoms with van der Waals surface area (Å²) in [5.74, 6) is 1.02. The van der Waals surface area contributed by atoms with Gasteiger partial charge in [0.2, 0.25) is 0 Å². The summed E-state index contributed by atoms with van der Waals surface area (Å²) in [6.45, 7) is 8.06. The van der Waals surface area contributed by atoms with Crippen LogP contribution in [0.4, 0.5) is 0 Å². The third-order valence-corrected chi connectivity index (χ3v) is 3.29. The van der Waals surface area contributed by atoms with Gasteiger partial charge in [-0.05, 0) is 6.42 Å². The predicted molar refractivity (Wildman–Crippen MR) is 75.0 cm³/mol. The number of hydrogen-bond acceptors (Lipinski definition) is 4. The number of nitrogens with zero attached hydrogens (tertiary/aromatic N) is 4. The van der Waals surface area contributed by atoms with Crippen LogP contribution in [0.25, 0.3) is 0 Å². The average Bonchev–Trinajstić information content (AvgIpc) is 2.94. The summed E-state index contributed by atoms with van der Waals surface area (Å²) in [6, 6.07) is 1.92. The van der Waals surface area contributed by atoms with E-state index in [9.17, 15) is 0 Å². The first-order chi connectivity index (χ1) is 9.33. The summed E-state index contributed by atoms with van der Waals surface area (Å²) < 4.78 is 4.86. The third kappa shape index (κ3) is 3.96. The normalized spacial score (nSPS) is 17.8. The Hall–Kier alpha value is -1.56. The molecule has 6 nitrogen and oxygen atoms in total. The highest BCUT2D eigenvalue weighted by atomic mass is 16.5. The second-order valence-electron chi connectivity index (χ2n) is 4.73. The van der Waals surface area contributed by atoms with Gasteiger partial charge in [-0.2, -0.15) is 0 Å². The molecule has 0 spiro atoms. The van der Waals surface area contributed by atoms with Crippen molar-refractivity contribution in [3.8, 4) is 0 Å². The molecule has 0 bridgehead atoms. The van der Waals surface area contributed by atoms with Crippen molar-refractivity contribution in [1.29, 1.82) is 0 Å². The van der Waals surface area contributed by atoms with Crippen molar-refractivity contribution in [1.82, 2.24) is 20.3 Å². The van der Waals surface area contributed by atoms with E-state index < -0.39 is 0 Å². The molecule has 0 unspecified atom stereocenters.